The Morgan fingerprint density at radius 3 is 2.58 bits per heavy atom. The molecule has 0 radical (unpaired) electrons. The van der Waals surface area contributed by atoms with Gasteiger partial charge in [0, 0.05) is 24.7 Å². The van der Waals surface area contributed by atoms with Gasteiger partial charge < -0.3 is 15.5 Å². The lowest BCUT2D eigenvalue weighted by atomic mass is 10.2. The predicted octanol–water partition coefficient (Wildman–Crippen LogP) is 2.89. The van der Waals surface area contributed by atoms with Crippen molar-refractivity contribution in [1.82, 2.24) is 5.32 Å². The highest BCUT2D eigenvalue weighted by atomic mass is 19.1. The van der Waals surface area contributed by atoms with Gasteiger partial charge in [-0.15, -0.1) is 0 Å². The molecule has 0 saturated carbocycles. The Bertz CT molecular complexity index is 768. The molecule has 1 saturated heterocycles. The van der Waals surface area contributed by atoms with Crippen molar-refractivity contribution in [3.63, 3.8) is 0 Å². The average Bonchev–Trinajstić information content (AvgIpc) is 2.91. The molecule has 124 valence electrons. The molecule has 0 bridgehead atoms. The first kappa shape index (κ1) is 15.9. The summed E-state index contributed by atoms with van der Waals surface area (Å²) in [6.07, 6.45) is 0.161. The maximum atomic E-state index is 13.5. The van der Waals surface area contributed by atoms with Gasteiger partial charge in [-0.2, -0.15) is 0 Å². The van der Waals surface area contributed by atoms with Gasteiger partial charge in [-0.1, -0.05) is 18.2 Å². The zero-order valence-corrected chi connectivity index (χ0v) is 12.6. The van der Waals surface area contributed by atoms with Crippen LogP contribution in [0.2, 0.25) is 0 Å². The predicted molar refractivity (Wildman–Crippen MR) is 85.7 cm³/mol. The van der Waals surface area contributed by atoms with Crippen LogP contribution in [0.3, 0.4) is 0 Å². The molecule has 7 heteroatoms. The van der Waals surface area contributed by atoms with E-state index in [0.717, 1.165) is 17.8 Å². The number of halogens is 2. The van der Waals surface area contributed by atoms with Crippen LogP contribution >= 0.6 is 0 Å². The van der Waals surface area contributed by atoms with Crippen LogP contribution < -0.4 is 15.5 Å². The molecule has 1 heterocycles. The van der Waals surface area contributed by atoms with E-state index in [9.17, 15) is 18.4 Å². The second-order valence-corrected chi connectivity index (χ2v) is 5.46. The molecule has 0 unspecified atom stereocenters. The number of benzene rings is 2. The van der Waals surface area contributed by atoms with Crippen molar-refractivity contribution in [2.75, 3.05) is 16.8 Å². The standard InChI is InChI=1S/C17H15F2N3O2/c18-11-6-7-15(14(19)8-11)21-17(24)20-12-9-16(23)22(10-12)13-4-2-1-3-5-13/h1-8,12H,9-10H2,(H2,20,21,24)/t12-/m0/s1. The highest BCUT2D eigenvalue weighted by Crippen LogP contribution is 2.21. The fourth-order valence-corrected chi connectivity index (χ4v) is 2.60. The zero-order chi connectivity index (χ0) is 17.1. The van der Waals surface area contributed by atoms with Crippen LogP contribution in [-0.4, -0.2) is 24.5 Å². The highest BCUT2D eigenvalue weighted by molar-refractivity contribution is 5.97. The lowest BCUT2D eigenvalue weighted by Gasteiger charge is -2.17. The number of amides is 3. The monoisotopic (exact) mass is 331 g/mol. The van der Waals surface area contributed by atoms with E-state index in [4.69, 9.17) is 0 Å². The van der Waals surface area contributed by atoms with Gasteiger partial charge in [0.25, 0.3) is 0 Å². The van der Waals surface area contributed by atoms with Gasteiger partial charge in [0.2, 0.25) is 5.91 Å². The molecule has 0 aromatic heterocycles. The number of carbonyl (C=O) groups is 2. The van der Waals surface area contributed by atoms with Gasteiger partial charge in [0.15, 0.2) is 0 Å². The summed E-state index contributed by atoms with van der Waals surface area (Å²) < 4.78 is 26.4. The molecule has 0 spiro atoms. The third-order valence-electron chi connectivity index (χ3n) is 3.71. The van der Waals surface area contributed by atoms with Crippen LogP contribution in [0.15, 0.2) is 48.5 Å². The van der Waals surface area contributed by atoms with Crippen molar-refractivity contribution in [3.05, 3.63) is 60.2 Å². The van der Waals surface area contributed by atoms with E-state index >= 15 is 0 Å². The highest BCUT2D eigenvalue weighted by Gasteiger charge is 2.31. The number of nitrogens with zero attached hydrogens (tertiary/aromatic N) is 1. The first-order valence-electron chi connectivity index (χ1n) is 7.41. The van der Waals surface area contributed by atoms with Crippen LogP contribution in [0.4, 0.5) is 25.0 Å². The van der Waals surface area contributed by atoms with E-state index in [1.54, 1.807) is 4.90 Å². The summed E-state index contributed by atoms with van der Waals surface area (Å²) in [5.74, 6) is -1.68. The van der Waals surface area contributed by atoms with E-state index in [1.807, 2.05) is 30.3 Å². The smallest absolute Gasteiger partial charge is 0.319 e. The Balaban J connectivity index is 1.60. The van der Waals surface area contributed by atoms with Crippen LogP contribution in [0.5, 0.6) is 0 Å². The van der Waals surface area contributed by atoms with E-state index in [2.05, 4.69) is 10.6 Å². The summed E-state index contributed by atoms with van der Waals surface area (Å²) >= 11 is 0. The van der Waals surface area contributed by atoms with Gasteiger partial charge in [-0.3, -0.25) is 4.79 Å². The zero-order valence-electron chi connectivity index (χ0n) is 12.6. The van der Waals surface area contributed by atoms with Gasteiger partial charge >= 0.3 is 6.03 Å². The summed E-state index contributed by atoms with van der Waals surface area (Å²) in [5, 5.41) is 4.94. The van der Waals surface area contributed by atoms with Crippen molar-refractivity contribution < 1.29 is 18.4 Å². The van der Waals surface area contributed by atoms with Crippen LogP contribution in [0.1, 0.15) is 6.42 Å². The van der Waals surface area contributed by atoms with E-state index < -0.39 is 17.7 Å². The number of para-hydroxylation sites is 1. The summed E-state index contributed by atoms with van der Waals surface area (Å²) in [6, 6.07) is 11.0. The van der Waals surface area contributed by atoms with Crippen LogP contribution in [0.25, 0.3) is 0 Å². The Kier molecular flexibility index (Phi) is 4.41. The molecular formula is C17H15F2N3O2. The third kappa shape index (κ3) is 3.51. The maximum absolute atomic E-state index is 13.5. The molecule has 1 atom stereocenters. The Morgan fingerprint density at radius 1 is 1.12 bits per heavy atom. The normalized spacial score (nSPS) is 17.0. The van der Waals surface area contributed by atoms with Crippen LogP contribution in [-0.2, 0) is 4.79 Å². The molecule has 2 aromatic rings. The van der Waals surface area contributed by atoms with Gasteiger partial charge in [0.05, 0.1) is 11.7 Å². The number of urea groups is 1. The lowest BCUT2D eigenvalue weighted by Crippen LogP contribution is -2.39. The maximum Gasteiger partial charge on any atom is 0.319 e. The number of nitrogens with one attached hydrogen (secondary N) is 2. The van der Waals surface area contributed by atoms with E-state index in [-0.39, 0.29) is 24.1 Å². The topological polar surface area (TPSA) is 61.4 Å². The van der Waals surface area contributed by atoms with Crippen molar-refractivity contribution >= 4 is 23.3 Å². The van der Waals surface area contributed by atoms with E-state index in [0.29, 0.717) is 12.6 Å². The molecule has 0 aliphatic carbocycles. The lowest BCUT2D eigenvalue weighted by molar-refractivity contribution is -0.117. The molecule has 1 aliphatic rings. The summed E-state index contributed by atoms with van der Waals surface area (Å²) in [7, 11) is 0. The van der Waals surface area contributed by atoms with Crippen molar-refractivity contribution in [3.8, 4) is 0 Å². The first-order valence-corrected chi connectivity index (χ1v) is 7.41. The minimum absolute atomic E-state index is 0.0977. The number of hydrogen-bond acceptors (Lipinski definition) is 2. The van der Waals surface area contributed by atoms with Gasteiger partial charge in [0.1, 0.15) is 11.6 Å². The summed E-state index contributed by atoms with van der Waals surface area (Å²) in [4.78, 5) is 25.6. The molecule has 2 aromatic carbocycles. The number of hydrogen-bond donors (Lipinski definition) is 2. The van der Waals surface area contributed by atoms with Crippen molar-refractivity contribution in [1.29, 1.82) is 0 Å². The van der Waals surface area contributed by atoms with Gasteiger partial charge in [-0.25, -0.2) is 13.6 Å². The number of rotatable bonds is 3. The van der Waals surface area contributed by atoms with E-state index in [1.165, 1.54) is 0 Å². The molecule has 24 heavy (non-hydrogen) atoms. The second-order valence-electron chi connectivity index (χ2n) is 5.46. The fourth-order valence-electron chi connectivity index (χ4n) is 2.60. The average molecular weight is 331 g/mol. The SMILES string of the molecule is O=C(Nc1ccc(F)cc1F)N[C@H]1CC(=O)N(c2ccccc2)C1. The quantitative estimate of drug-likeness (QED) is 0.908. The fraction of sp³-hybridized carbons (Fsp3) is 0.176. The minimum Gasteiger partial charge on any atom is -0.333 e. The van der Waals surface area contributed by atoms with Crippen molar-refractivity contribution in [2.45, 2.75) is 12.5 Å². The Hall–Kier alpha value is -2.96. The van der Waals surface area contributed by atoms with Crippen molar-refractivity contribution in [2.24, 2.45) is 0 Å². The number of carbonyl (C=O) groups excluding carboxylic acids is 2. The molecule has 1 fully saturated rings. The molecule has 2 N–H and O–H groups in total. The van der Waals surface area contributed by atoms with Gasteiger partial charge in [-0.05, 0) is 24.3 Å². The first-order chi connectivity index (χ1) is 11.5. The third-order valence-corrected chi connectivity index (χ3v) is 3.71. The van der Waals surface area contributed by atoms with Crippen LogP contribution in [0, 0.1) is 11.6 Å². The molecule has 3 amide bonds. The molecule has 1 aliphatic heterocycles. The molecule has 5 nitrogen and oxygen atoms in total. The Morgan fingerprint density at radius 2 is 1.88 bits per heavy atom. The molecular weight excluding hydrogens is 316 g/mol. The molecule has 3 rings (SSSR count). The summed E-state index contributed by atoms with van der Waals surface area (Å²) in [5.41, 5.74) is 0.634. The summed E-state index contributed by atoms with van der Waals surface area (Å²) in [6.45, 7) is 0.335. The second kappa shape index (κ2) is 6.66. The Labute approximate surface area is 137 Å². The minimum atomic E-state index is -0.862. The number of anilines is 2. The largest absolute Gasteiger partial charge is 0.333 e.